The summed E-state index contributed by atoms with van der Waals surface area (Å²) in [6, 6.07) is 7.11. The lowest BCUT2D eigenvalue weighted by atomic mass is 10.3. The molecule has 1 aliphatic rings. The molecule has 4 nitrogen and oxygen atoms in total. The molecule has 19 heavy (non-hydrogen) atoms. The van der Waals surface area contributed by atoms with Crippen LogP contribution in [0.3, 0.4) is 0 Å². The smallest absolute Gasteiger partial charge is 0.321 e. The maximum Gasteiger partial charge on any atom is 0.321 e. The Balaban J connectivity index is 1.86. The Hall–Kier alpha value is -1.52. The van der Waals surface area contributed by atoms with Crippen LogP contribution in [0.4, 0.5) is 10.5 Å². The molecule has 0 radical (unpaired) electrons. The van der Waals surface area contributed by atoms with Crippen molar-refractivity contribution >= 4 is 23.3 Å². The van der Waals surface area contributed by atoms with E-state index in [0.717, 1.165) is 38.4 Å². The summed E-state index contributed by atoms with van der Waals surface area (Å²) in [6.45, 7) is 7.85. The average Bonchev–Trinajstić information content (AvgIpc) is 2.40. The SMILES string of the molecule is C=CCN1CCN(C(=O)Nc2cccc(Cl)c2)CC1. The van der Waals surface area contributed by atoms with Gasteiger partial charge in [0.2, 0.25) is 0 Å². The van der Waals surface area contributed by atoms with Crippen LogP contribution < -0.4 is 5.32 Å². The van der Waals surface area contributed by atoms with Crippen molar-refractivity contribution in [3.05, 3.63) is 41.9 Å². The number of urea groups is 1. The lowest BCUT2D eigenvalue weighted by Crippen LogP contribution is -2.49. The number of amides is 2. The highest BCUT2D eigenvalue weighted by atomic mass is 35.5. The van der Waals surface area contributed by atoms with Gasteiger partial charge in [-0.15, -0.1) is 6.58 Å². The Kier molecular flexibility index (Phi) is 4.82. The first-order valence-electron chi connectivity index (χ1n) is 6.34. The number of nitrogens with zero attached hydrogens (tertiary/aromatic N) is 2. The number of halogens is 1. The van der Waals surface area contributed by atoms with E-state index in [0.29, 0.717) is 5.02 Å². The zero-order valence-corrected chi connectivity index (χ0v) is 11.6. The molecule has 0 saturated carbocycles. The second-order valence-electron chi connectivity index (χ2n) is 4.52. The van der Waals surface area contributed by atoms with E-state index >= 15 is 0 Å². The molecular weight excluding hydrogens is 262 g/mol. The van der Waals surface area contributed by atoms with E-state index in [4.69, 9.17) is 11.6 Å². The fourth-order valence-electron chi connectivity index (χ4n) is 2.08. The fraction of sp³-hybridized carbons (Fsp3) is 0.357. The summed E-state index contributed by atoms with van der Waals surface area (Å²) < 4.78 is 0. The standard InChI is InChI=1S/C14H18ClN3O/c1-2-6-17-7-9-18(10-8-17)14(19)16-13-5-3-4-12(15)11-13/h2-5,11H,1,6-10H2,(H,16,19). The van der Waals surface area contributed by atoms with Gasteiger partial charge in [0.25, 0.3) is 0 Å². The van der Waals surface area contributed by atoms with Crippen molar-refractivity contribution in [3.63, 3.8) is 0 Å². The van der Waals surface area contributed by atoms with Crippen molar-refractivity contribution in [1.29, 1.82) is 0 Å². The molecule has 1 saturated heterocycles. The Morgan fingerprint density at radius 3 is 2.74 bits per heavy atom. The molecule has 2 rings (SSSR count). The number of anilines is 1. The topological polar surface area (TPSA) is 35.6 Å². The quantitative estimate of drug-likeness (QED) is 0.864. The van der Waals surface area contributed by atoms with Crippen molar-refractivity contribution < 1.29 is 4.79 Å². The number of hydrogen-bond donors (Lipinski definition) is 1. The van der Waals surface area contributed by atoms with Gasteiger partial charge in [-0.1, -0.05) is 23.7 Å². The molecule has 1 aliphatic heterocycles. The van der Waals surface area contributed by atoms with Gasteiger partial charge in [0.1, 0.15) is 0 Å². The van der Waals surface area contributed by atoms with E-state index in [1.807, 2.05) is 23.1 Å². The molecule has 1 N–H and O–H groups in total. The van der Waals surface area contributed by atoms with Gasteiger partial charge in [0, 0.05) is 43.4 Å². The number of carbonyl (C=O) groups excluding carboxylic acids is 1. The minimum Gasteiger partial charge on any atom is -0.322 e. The summed E-state index contributed by atoms with van der Waals surface area (Å²) in [5.41, 5.74) is 0.728. The molecule has 0 unspecified atom stereocenters. The molecule has 0 spiro atoms. The van der Waals surface area contributed by atoms with E-state index < -0.39 is 0 Å². The first kappa shape index (κ1) is 13.9. The van der Waals surface area contributed by atoms with Crippen molar-refractivity contribution in [2.24, 2.45) is 0 Å². The van der Waals surface area contributed by atoms with Crippen molar-refractivity contribution in [2.75, 3.05) is 38.0 Å². The van der Waals surface area contributed by atoms with Gasteiger partial charge >= 0.3 is 6.03 Å². The lowest BCUT2D eigenvalue weighted by molar-refractivity contribution is 0.156. The highest BCUT2D eigenvalue weighted by Crippen LogP contribution is 2.15. The largest absolute Gasteiger partial charge is 0.322 e. The van der Waals surface area contributed by atoms with E-state index in [-0.39, 0.29) is 6.03 Å². The van der Waals surface area contributed by atoms with Gasteiger partial charge in [0.05, 0.1) is 0 Å². The zero-order valence-electron chi connectivity index (χ0n) is 10.8. The summed E-state index contributed by atoms with van der Waals surface area (Å²) >= 11 is 5.89. The first-order chi connectivity index (χ1) is 9.19. The fourth-order valence-corrected chi connectivity index (χ4v) is 2.28. The second kappa shape index (κ2) is 6.59. The molecule has 0 bridgehead atoms. The maximum atomic E-state index is 12.1. The van der Waals surface area contributed by atoms with Gasteiger partial charge in [0.15, 0.2) is 0 Å². The van der Waals surface area contributed by atoms with Crippen LogP contribution >= 0.6 is 11.6 Å². The van der Waals surface area contributed by atoms with Gasteiger partial charge < -0.3 is 10.2 Å². The lowest BCUT2D eigenvalue weighted by Gasteiger charge is -2.34. The highest BCUT2D eigenvalue weighted by Gasteiger charge is 2.20. The van der Waals surface area contributed by atoms with Gasteiger partial charge in [-0.3, -0.25) is 4.90 Å². The van der Waals surface area contributed by atoms with Crippen LogP contribution in [0.15, 0.2) is 36.9 Å². The third kappa shape index (κ3) is 3.98. The third-order valence-electron chi connectivity index (χ3n) is 3.12. The monoisotopic (exact) mass is 279 g/mol. The Morgan fingerprint density at radius 2 is 2.11 bits per heavy atom. The van der Waals surface area contributed by atoms with Crippen molar-refractivity contribution in [3.8, 4) is 0 Å². The Morgan fingerprint density at radius 1 is 1.37 bits per heavy atom. The van der Waals surface area contributed by atoms with E-state index in [1.165, 1.54) is 0 Å². The normalized spacial score (nSPS) is 16.2. The molecule has 0 atom stereocenters. The van der Waals surface area contributed by atoms with Crippen LogP contribution in [-0.4, -0.2) is 48.6 Å². The van der Waals surface area contributed by atoms with Gasteiger partial charge in [-0.05, 0) is 18.2 Å². The Labute approximate surface area is 118 Å². The molecule has 1 fully saturated rings. The highest BCUT2D eigenvalue weighted by molar-refractivity contribution is 6.30. The average molecular weight is 280 g/mol. The molecule has 5 heteroatoms. The molecule has 0 aromatic heterocycles. The minimum absolute atomic E-state index is 0.0690. The summed E-state index contributed by atoms with van der Waals surface area (Å²) in [7, 11) is 0. The molecule has 1 aromatic rings. The number of rotatable bonds is 3. The number of hydrogen-bond acceptors (Lipinski definition) is 2. The van der Waals surface area contributed by atoms with E-state index in [2.05, 4.69) is 16.8 Å². The maximum absolute atomic E-state index is 12.1. The molecule has 1 aromatic carbocycles. The Bertz CT molecular complexity index is 456. The number of benzene rings is 1. The summed E-state index contributed by atoms with van der Waals surface area (Å²) in [4.78, 5) is 16.2. The molecule has 102 valence electrons. The van der Waals surface area contributed by atoms with Crippen molar-refractivity contribution in [1.82, 2.24) is 9.80 Å². The van der Waals surface area contributed by atoms with Crippen LogP contribution in [0.1, 0.15) is 0 Å². The zero-order chi connectivity index (χ0) is 13.7. The van der Waals surface area contributed by atoms with Gasteiger partial charge in [-0.25, -0.2) is 4.79 Å². The second-order valence-corrected chi connectivity index (χ2v) is 4.95. The predicted molar refractivity (Wildman–Crippen MR) is 78.7 cm³/mol. The molecular formula is C14H18ClN3O. The minimum atomic E-state index is -0.0690. The van der Waals surface area contributed by atoms with Gasteiger partial charge in [-0.2, -0.15) is 0 Å². The van der Waals surface area contributed by atoms with Crippen LogP contribution in [0.2, 0.25) is 5.02 Å². The van der Waals surface area contributed by atoms with Crippen LogP contribution in [0, 0.1) is 0 Å². The summed E-state index contributed by atoms with van der Waals surface area (Å²) in [6.07, 6.45) is 1.89. The van der Waals surface area contributed by atoms with Crippen LogP contribution in [-0.2, 0) is 0 Å². The van der Waals surface area contributed by atoms with Crippen molar-refractivity contribution in [2.45, 2.75) is 0 Å². The van der Waals surface area contributed by atoms with Crippen LogP contribution in [0.5, 0.6) is 0 Å². The first-order valence-corrected chi connectivity index (χ1v) is 6.71. The molecule has 0 aliphatic carbocycles. The predicted octanol–water partition coefficient (Wildman–Crippen LogP) is 2.68. The molecule has 1 heterocycles. The molecule has 2 amide bonds. The third-order valence-corrected chi connectivity index (χ3v) is 3.36. The summed E-state index contributed by atoms with van der Waals surface area (Å²) in [5.74, 6) is 0. The number of nitrogens with one attached hydrogen (secondary N) is 1. The number of carbonyl (C=O) groups is 1. The van der Waals surface area contributed by atoms with E-state index in [9.17, 15) is 4.79 Å². The van der Waals surface area contributed by atoms with E-state index in [1.54, 1.807) is 12.1 Å². The van der Waals surface area contributed by atoms with Crippen LogP contribution in [0.25, 0.3) is 0 Å². The summed E-state index contributed by atoms with van der Waals surface area (Å²) in [5, 5.41) is 3.48. The number of piperazine rings is 1.